The van der Waals surface area contributed by atoms with Crippen molar-refractivity contribution in [3.05, 3.63) is 33.7 Å². The molecule has 1 aromatic carbocycles. The molecule has 2 heteroatoms. The fourth-order valence-electron chi connectivity index (χ4n) is 1.53. The lowest BCUT2D eigenvalue weighted by atomic mass is 10.1. The summed E-state index contributed by atoms with van der Waals surface area (Å²) in [6.07, 6.45) is 1.05. The largest absolute Gasteiger partial charge is 0.143 e. The van der Waals surface area contributed by atoms with Crippen LogP contribution in [0.1, 0.15) is 18.1 Å². The Morgan fingerprint density at radius 2 is 2.15 bits per heavy atom. The second-order valence-corrected chi connectivity index (χ2v) is 4.54. The highest BCUT2D eigenvalue weighted by molar-refractivity contribution is 7.17. The van der Waals surface area contributed by atoms with Gasteiger partial charge in [-0.2, -0.15) is 0 Å². The van der Waals surface area contributed by atoms with Gasteiger partial charge in [-0.05, 0) is 42.0 Å². The average molecular weight is 211 g/mol. The molecule has 0 N–H and O–H groups in total. The van der Waals surface area contributed by atoms with Crippen molar-refractivity contribution in [1.29, 1.82) is 0 Å². The molecule has 0 bridgehead atoms. The smallest absolute Gasteiger partial charge is 0.0498 e. The van der Waals surface area contributed by atoms with E-state index in [0.29, 0.717) is 0 Å². The second kappa shape index (κ2) is 3.32. The Morgan fingerprint density at radius 3 is 2.85 bits per heavy atom. The summed E-state index contributed by atoms with van der Waals surface area (Å²) < 4.78 is 1.31. The van der Waals surface area contributed by atoms with Gasteiger partial charge in [-0.3, -0.25) is 0 Å². The fourth-order valence-corrected chi connectivity index (χ4v) is 3.00. The van der Waals surface area contributed by atoms with Crippen molar-refractivity contribution in [1.82, 2.24) is 0 Å². The summed E-state index contributed by atoms with van der Waals surface area (Å²) in [5.74, 6) is 0. The molecule has 1 heterocycles. The van der Waals surface area contributed by atoms with Crippen molar-refractivity contribution in [3.8, 4) is 0 Å². The van der Waals surface area contributed by atoms with E-state index in [1.54, 1.807) is 11.3 Å². The topological polar surface area (TPSA) is 0 Å². The van der Waals surface area contributed by atoms with E-state index in [0.717, 1.165) is 11.4 Å². The molecule has 68 valence electrons. The van der Waals surface area contributed by atoms with E-state index in [-0.39, 0.29) is 0 Å². The van der Waals surface area contributed by atoms with E-state index in [2.05, 4.69) is 31.4 Å². The predicted molar refractivity (Wildman–Crippen MR) is 61.0 cm³/mol. The Labute approximate surface area is 87.2 Å². The average Bonchev–Trinajstić information content (AvgIpc) is 2.48. The van der Waals surface area contributed by atoms with Crippen molar-refractivity contribution in [3.63, 3.8) is 0 Å². The summed E-state index contributed by atoms with van der Waals surface area (Å²) in [7, 11) is 0. The number of aryl methyl sites for hydroxylation is 2. The summed E-state index contributed by atoms with van der Waals surface area (Å²) in [6, 6.07) is 4.31. The zero-order valence-electron chi connectivity index (χ0n) is 7.73. The van der Waals surface area contributed by atoms with Crippen LogP contribution in [0.5, 0.6) is 0 Å². The van der Waals surface area contributed by atoms with Crippen LogP contribution in [0.15, 0.2) is 17.5 Å². The van der Waals surface area contributed by atoms with Crippen LogP contribution in [-0.4, -0.2) is 0 Å². The maximum Gasteiger partial charge on any atom is 0.0498 e. The van der Waals surface area contributed by atoms with Gasteiger partial charge in [0.25, 0.3) is 0 Å². The molecule has 0 aliphatic carbocycles. The Bertz CT molecular complexity index is 443. The van der Waals surface area contributed by atoms with Crippen LogP contribution in [0, 0.1) is 6.92 Å². The summed E-state index contributed by atoms with van der Waals surface area (Å²) >= 11 is 7.97. The molecule has 0 nitrogen and oxygen atoms in total. The number of fused-ring (bicyclic) bond motifs is 1. The highest BCUT2D eigenvalue weighted by atomic mass is 35.5. The number of rotatable bonds is 1. The summed E-state index contributed by atoms with van der Waals surface area (Å²) in [6.45, 7) is 4.26. The van der Waals surface area contributed by atoms with Crippen LogP contribution >= 0.6 is 22.9 Å². The summed E-state index contributed by atoms with van der Waals surface area (Å²) in [4.78, 5) is 0. The molecule has 0 saturated carbocycles. The quantitative estimate of drug-likeness (QED) is 0.654. The Kier molecular flexibility index (Phi) is 2.31. The molecule has 0 atom stereocenters. The molecule has 0 unspecified atom stereocenters. The van der Waals surface area contributed by atoms with E-state index in [4.69, 9.17) is 11.6 Å². The number of hydrogen-bond donors (Lipinski definition) is 0. The molecular weight excluding hydrogens is 200 g/mol. The second-order valence-electron chi connectivity index (χ2n) is 3.22. The number of halogens is 1. The number of hydrogen-bond acceptors (Lipinski definition) is 1. The van der Waals surface area contributed by atoms with E-state index < -0.39 is 0 Å². The first-order chi connectivity index (χ1) is 6.22. The van der Waals surface area contributed by atoms with Gasteiger partial charge in [0.1, 0.15) is 0 Å². The molecule has 0 radical (unpaired) electrons. The Morgan fingerprint density at radius 1 is 1.38 bits per heavy atom. The minimum atomic E-state index is 0.896. The van der Waals surface area contributed by atoms with Gasteiger partial charge in [-0.25, -0.2) is 0 Å². The maximum atomic E-state index is 6.19. The molecule has 0 fully saturated rings. The van der Waals surface area contributed by atoms with E-state index in [1.807, 2.05) is 0 Å². The molecule has 1 aromatic heterocycles. The van der Waals surface area contributed by atoms with E-state index in [9.17, 15) is 0 Å². The molecule has 0 aliphatic rings. The minimum absolute atomic E-state index is 0.896. The molecule has 0 saturated heterocycles. The predicted octanol–water partition coefficient (Wildman–Crippen LogP) is 4.43. The van der Waals surface area contributed by atoms with Gasteiger partial charge < -0.3 is 0 Å². The van der Waals surface area contributed by atoms with Gasteiger partial charge >= 0.3 is 0 Å². The first-order valence-corrected chi connectivity index (χ1v) is 5.64. The van der Waals surface area contributed by atoms with Gasteiger partial charge in [-0.15, -0.1) is 11.3 Å². The van der Waals surface area contributed by atoms with Crippen molar-refractivity contribution < 1.29 is 0 Å². The number of benzene rings is 1. The van der Waals surface area contributed by atoms with Gasteiger partial charge in [0.15, 0.2) is 0 Å². The monoisotopic (exact) mass is 210 g/mol. The van der Waals surface area contributed by atoms with Crippen LogP contribution in [0.2, 0.25) is 5.02 Å². The zero-order chi connectivity index (χ0) is 9.42. The van der Waals surface area contributed by atoms with Crippen molar-refractivity contribution in [2.45, 2.75) is 20.3 Å². The summed E-state index contributed by atoms with van der Waals surface area (Å²) in [5.41, 5.74) is 2.60. The lowest BCUT2D eigenvalue weighted by molar-refractivity contribution is 1.15. The van der Waals surface area contributed by atoms with Crippen molar-refractivity contribution in [2.24, 2.45) is 0 Å². The lowest BCUT2D eigenvalue weighted by Crippen LogP contribution is -1.80. The SMILES string of the molecule is CCc1cc(Cl)c2c(C)csc2c1. The van der Waals surface area contributed by atoms with E-state index >= 15 is 0 Å². The van der Waals surface area contributed by atoms with Crippen LogP contribution in [0.4, 0.5) is 0 Å². The van der Waals surface area contributed by atoms with Crippen molar-refractivity contribution in [2.75, 3.05) is 0 Å². The molecular formula is C11H11ClS. The highest BCUT2D eigenvalue weighted by Gasteiger charge is 2.05. The standard InChI is InChI=1S/C11H11ClS/c1-3-8-4-9(12)11-7(2)6-13-10(11)5-8/h4-6H,3H2,1-2H3. The van der Waals surface area contributed by atoms with E-state index in [1.165, 1.54) is 21.2 Å². The van der Waals surface area contributed by atoms with Gasteiger partial charge in [0, 0.05) is 15.1 Å². The van der Waals surface area contributed by atoms with Crippen LogP contribution < -0.4 is 0 Å². The highest BCUT2D eigenvalue weighted by Crippen LogP contribution is 2.32. The van der Waals surface area contributed by atoms with Crippen LogP contribution in [0.25, 0.3) is 10.1 Å². The first-order valence-electron chi connectivity index (χ1n) is 4.38. The fraction of sp³-hybridized carbons (Fsp3) is 0.273. The van der Waals surface area contributed by atoms with Crippen LogP contribution in [-0.2, 0) is 6.42 Å². The van der Waals surface area contributed by atoms with Gasteiger partial charge in [0.05, 0.1) is 0 Å². The third-order valence-electron chi connectivity index (χ3n) is 2.28. The molecule has 2 aromatic rings. The van der Waals surface area contributed by atoms with Crippen molar-refractivity contribution >= 4 is 33.0 Å². The molecule has 0 amide bonds. The lowest BCUT2D eigenvalue weighted by Gasteiger charge is -2.00. The van der Waals surface area contributed by atoms with Crippen LogP contribution in [0.3, 0.4) is 0 Å². The summed E-state index contributed by atoms with van der Waals surface area (Å²) in [5, 5.41) is 4.28. The molecule has 13 heavy (non-hydrogen) atoms. The molecule has 0 aliphatic heterocycles. The molecule has 2 rings (SSSR count). The normalized spacial score (nSPS) is 11.0. The Balaban J connectivity index is 2.79. The third-order valence-corrected chi connectivity index (χ3v) is 3.62. The Hall–Kier alpha value is -0.530. The third kappa shape index (κ3) is 1.47. The van der Waals surface area contributed by atoms with Gasteiger partial charge in [0.2, 0.25) is 0 Å². The minimum Gasteiger partial charge on any atom is -0.143 e. The first kappa shape index (κ1) is 9.04. The van der Waals surface area contributed by atoms with Gasteiger partial charge in [-0.1, -0.05) is 18.5 Å². The molecule has 0 spiro atoms. The zero-order valence-corrected chi connectivity index (χ0v) is 9.30. The maximum absolute atomic E-state index is 6.19. The number of thiophene rings is 1.